The summed E-state index contributed by atoms with van der Waals surface area (Å²) in [4.78, 5) is 27.0. The number of rotatable bonds is 4. The van der Waals surface area contributed by atoms with Gasteiger partial charge < -0.3 is 10.0 Å². The summed E-state index contributed by atoms with van der Waals surface area (Å²) >= 11 is 3.31. The highest BCUT2D eigenvalue weighted by Crippen LogP contribution is 2.44. The maximum Gasteiger partial charge on any atom is 0.419 e. The van der Waals surface area contributed by atoms with E-state index in [0.29, 0.717) is 23.3 Å². The summed E-state index contributed by atoms with van der Waals surface area (Å²) < 4.78 is 54.2. The van der Waals surface area contributed by atoms with Gasteiger partial charge in [-0.05, 0) is 47.0 Å². The summed E-state index contributed by atoms with van der Waals surface area (Å²) in [5.41, 5.74) is -0.417. The number of alkyl halides is 3. The van der Waals surface area contributed by atoms with Crippen molar-refractivity contribution >= 4 is 27.8 Å². The highest BCUT2D eigenvalue weighted by atomic mass is 79.9. The van der Waals surface area contributed by atoms with Crippen molar-refractivity contribution in [3.05, 3.63) is 105 Å². The molecule has 0 saturated carbocycles. The lowest BCUT2D eigenvalue weighted by Gasteiger charge is -2.41. The third kappa shape index (κ3) is 4.37. The lowest BCUT2D eigenvalue weighted by Crippen LogP contribution is -2.44. The summed E-state index contributed by atoms with van der Waals surface area (Å²) in [5.74, 6) is -4.27. The van der Waals surface area contributed by atoms with Crippen molar-refractivity contribution < 1.29 is 32.3 Å². The van der Waals surface area contributed by atoms with Crippen LogP contribution in [0, 0.1) is 5.82 Å². The summed E-state index contributed by atoms with van der Waals surface area (Å²) in [5, 5.41) is 10.1. The molecule has 3 aromatic carbocycles. The Morgan fingerprint density at radius 3 is 2.33 bits per heavy atom. The SMILES string of the molecule is O=C(O)C1c2ccccc2C(=O)N(Cc2ccc(F)c(C(F)(F)F)c2)C1c1ccc(Br)cc1. The molecular formula is C24H16BrF4NO3. The van der Waals surface area contributed by atoms with Crippen LogP contribution in [0.3, 0.4) is 0 Å². The van der Waals surface area contributed by atoms with Crippen molar-refractivity contribution in [2.24, 2.45) is 0 Å². The molecule has 0 saturated heterocycles. The molecule has 33 heavy (non-hydrogen) atoms. The summed E-state index contributed by atoms with van der Waals surface area (Å²) in [6.45, 7) is -0.332. The summed E-state index contributed by atoms with van der Waals surface area (Å²) in [7, 11) is 0. The second-order valence-corrected chi connectivity index (χ2v) is 8.56. The van der Waals surface area contributed by atoms with Crippen LogP contribution in [0.1, 0.15) is 44.6 Å². The van der Waals surface area contributed by atoms with Crippen LogP contribution in [0.5, 0.6) is 0 Å². The van der Waals surface area contributed by atoms with E-state index in [2.05, 4.69) is 15.9 Å². The van der Waals surface area contributed by atoms with Gasteiger partial charge in [0.1, 0.15) is 11.7 Å². The monoisotopic (exact) mass is 521 g/mol. The van der Waals surface area contributed by atoms with Crippen molar-refractivity contribution in [1.82, 2.24) is 4.90 Å². The Kier molecular flexibility index (Phi) is 6.00. The number of amides is 1. The summed E-state index contributed by atoms with van der Waals surface area (Å²) in [6, 6.07) is 14.5. The first-order chi connectivity index (χ1) is 15.6. The quantitative estimate of drug-likeness (QED) is 0.417. The highest BCUT2D eigenvalue weighted by molar-refractivity contribution is 9.10. The van der Waals surface area contributed by atoms with Gasteiger partial charge in [-0.3, -0.25) is 9.59 Å². The van der Waals surface area contributed by atoms with Gasteiger partial charge in [-0.25, -0.2) is 4.39 Å². The van der Waals surface area contributed by atoms with E-state index in [4.69, 9.17) is 0 Å². The Balaban J connectivity index is 1.86. The molecule has 4 nitrogen and oxygen atoms in total. The number of benzene rings is 3. The number of hydrogen-bond donors (Lipinski definition) is 1. The van der Waals surface area contributed by atoms with Crippen LogP contribution < -0.4 is 0 Å². The lowest BCUT2D eigenvalue weighted by molar-refractivity contribution is -0.141. The van der Waals surface area contributed by atoms with E-state index in [-0.39, 0.29) is 17.7 Å². The standard InChI is InChI=1S/C24H16BrF4NO3/c25-15-8-6-14(7-9-15)21-20(23(32)33)16-3-1-2-4-17(16)22(31)30(21)12-13-5-10-19(26)18(11-13)24(27,28)29/h1-11,20-21H,12H2,(H,32,33). The third-order valence-corrected chi connectivity index (χ3v) is 6.13. The molecule has 2 unspecified atom stereocenters. The molecule has 1 heterocycles. The predicted molar refractivity (Wildman–Crippen MR) is 115 cm³/mol. The van der Waals surface area contributed by atoms with Gasteiger partial charge in [0.15, 0.2) is 0 Å². The third-order valence-electron chi connectivity index (χ3n) is 5.61. The second-order valence-electron chi connectivity index (χ2n) is 7.64. The fourth-order valence-corrected chi connectivity index (χ4v) is 4.41. The molecule has 2 atom stereocenters. The smallest absolute Gasteiger partial charge is 0.419 e. The maximum atomic E-state index is 13.8. The average Bonchev–Trinajstić information content (AvgIpc) is 2.76. The van der Waals surface area contributed by atoms with Crippen molar-refractivity contribution in [1.29, 1.82) is 0 Å². The van der Waals surface area contributed by atoms with Gasteiger partial charge in [0.25, 0.3) is 5.91 Å². The molecule has 0 aliphatic carbocycles. The van der Waals surface area contributed by atoms with Gasteiger partial charge in [-0.15, -0.1) is 0 Å². The molecular weight excluding hydrogens is 506 g/mol. The van der Waals surface area contributed by atoms with Crippen LogP contribution in [0.25, 0.3) is 0 Å². The second kappa shape index (κ2) is 8.62. The average molecular weight is 522 g/mol. The van der Waals surface area contributed by atoms with Crippen LogP contribution in [0.15, 0.2) is 71.2 Å². The first-order valence-electron chi connectivity index (χ1n) is 9.81. The van der Waals surface area contributed by atoms with Gasteiger partial charge in [0.2, 0.25) is 0 Å². The first kappa shape index (κ1) is 23.0. The lowest BCUT2D eigenvalue weighted by atomic mass is 9.79. The van der Waals surface area contributed by atoms with E-state index in [1.54, 1.807) is 42.5 Å². The van der Waals surface area contributed by atoms with E-state index in [0.717, 1.165) is 10.5 Å². The molecule has 0 radical (unpaired) electrons. The van der Waals surface area contributed by atoms with Crippen molar-refractivity contribution in [2.75, 3.05) is 0 Å². The Hall–Kier alpha value is -3.20. The molecule has 4 rings (SSSR count). The van der Waals surface area contributed by atoms with Crippen LogP contribution in [-0.2, 0) is 17.5 Å². The van der Waals surface area contributed by atoms with E-state index < -0.39 is 41.4 Å². The topological polar surface area (TPSA) is 57.6 Å². The van der Waals surface area contributed by atoms with Gasteiger partial charge in [0, 0.05) is 16.6 Å². The fourth-order valence-electron chi connectivity index (χ4n) is 4.15. The Labute approximate surface area is 194 Å². The molecule has 0 spiro atoms. The van der Waals surface area contributed by atoms with Gasteiger partial charge in [-0.2, -0.15) is 13.2 Å². The first-order valence-corrected chi connectivity index (χ1v) is 10.6. The Morgan fingerprint density at radius 2 is 1.70 bits per heavy atom. The predicted octanol–water partition coefficient (Wildman–Crippen LogP) is 6.17. The number of carboxylic acids is 1. The number of carbonyl (C=O) groups is 2. The minimum Gasteiger partial charge on any atom is -0.481 e. The minimum absolute atomic E-state index is 0.0303. The number of nitrogens with zero attached hydrogens (tertiary/aromatic N) is 1. The van der Waals surface area contributed by atoms with Crippen LogP contribution in [-0.4, -0.2) is 21.9 Å². The number of halogens is 5. The largest absolute Gasteiger partial charge is 0.481 e. The molecule has 1 N–H and O–H groups in total. The molecule has 1 aliphatic heterocycles. The zero-order chi connectivity index (χ0) is 23.9. The Morgan fingerprint density at radius 1 is 1.03 bits per heavy atom. The number of carboxylic acid groups (broad SMARTS) is 1. The number of fused-ring (bicyclic) bond motifs is 1. The highest BCUT2D eigenvalue weighted by Gasteiger charge is 2.44. The molecule has 9 heteroatoms. The van der Waals surface area contributed by atoms with Crippen molar-refractivity contribution in [2.45, 2.75) is 24.7 Å². The van der Waals surface area contributed by atoms with Gasteiger partial charge in [0.05, 0.1) is 11.6 Å². The van der Waals surface area contributed by atoms with Crippen molar-refractivity contribution in [3.63, 3.8) is 0 Å². The molecule has 0 fully saturated rings. The molecule has 0 aromatic heterocycles. The van der Waals surface area contributed by atoms with Crippen molar-refractivity contribution in [3.8, 4) is 0 Å². The molecule has 170 valence electrons. The Bertz CT molecular complexity index is 1230. The summed E-state index contributed by atoms with van der Waals surface area (Å²) in [6.07, 6.45) is -4.91. The fraction of sp³-hybridized carbons (Fsp3) is 0.167. The maximum absolute atomic E-state index is 13.8. The van der Waals surface area contributed by atoms with Gasteiger partial charge >= 0.3 is 12.1 Å². The van der Waals surface area contributed by atoms with Crippen LogP contribution in [0.2, 0.25) is 0 Å². The van der Waals surface area contributed by atoms with Crippen LogP contribution in [0.4, 0.5) is 17.6 Å². The molecule has 0 bridgehead atoms. The zero-order valence-corrected chi connectivity index (χ0v) is 18.4. The number of carbonyl (C=O) groups excluding carboxylic acids is 1. The molecule has 3 aromatic rings. The normalized spacial score (nSPS) is 18.2. The van der Waals surface area contributed by atoms with E-state index in [1.165, 1.54) is 11.0 Å². The molecule has 1 amide bonds. The minimum atomic E-state index is -4.91. The zero-order valence-electron chi connectivity index (χ0n) is 16.8. The molecule has 1 aliphatic rings. The van der Waals surface area contributed by atoms with E-state index >= 15 is 0 Å². The van der Waals surface area contributed by atoms with Crippen LogP contribution >= 0.6 is 15.9 Å². The van der Waals surface area contributed by atoms with E-state index in [9.17, 15) is 32.3 Å². The van der Waals surface area contributed by atoms with Gasteiger partial charge in [-0.1, -0.05) is 52.3 Å². The number of hydrogen-bond acceptors (Lipinski definition) is 2. The van der Waals surface area contributed by atoms with E-state index in [1.807, 2.05) is 0 Å². The number of aliphatic carboxylic acids is 1.